The molecule has 1 saturated heterocycles. The first-order valence-electron chi connectivity index (χ1n) is 9.77. The Hall–Kier alpha value is -2.62. The fraction of sp³-hybridized carbons (Fsp3) is 0.429. The number of quaternary nitrogens is 1. The van der Waals surface area contributed by atoms with Gasteiger partial charge in [-0.25, -0.2) is 0 Å². The number of anilines is 1. The van der Waals surface area contributed by atoms with Crippen molar-refractivity contribution in [1.82, 2.24) is 4.98 Å². The molecule has 0 bridgehead atoms. The van der Waals surface area contributed by atoms with Gasteiger partial charge in [-0.3, -0.25) is 9.88 Å². The predicted molar refractivity (Wildman–Crippen MR) is 105 cm³/mol. The first-order chi connectivity index (χ1) is 13.2. The number of hydrogen-bond donors (Lipinski definition) is 3. The number of aromatic nitrogens is 2. The van der Waals surface area contributed by atoms with Crippen LogP contribution in [0.25, 0.3) is 16.7 Å². The summed E-state index contributed by atoms with van der Waals surface area (Å²) in [6.45, 7) is 9.25. The standard InChI is InChI=1S/C21H25N5O/c1-3-16-15(2)17(14-22)20-23-18-6-4-5-7-19(18)26(20)21(16)25-10-8-24(9-11-25)12-13-27/h4-7,27H,3,8-13H2,1-2H3/p+2. The molecule has 0 aliphatic carbocycles. The monoisotopic (exact) mass is 365 g/mol. The van der Waals surface area contributed by atoms with Crippen molar-refractivity contribution >= 4 is 22.5 Å². The van der Waals surface area contributed by atoms with Gasteiger partial charge in [0.2, 0.25) is 11.5 Å². The van der Waals surface area contributed by atoms with Crippen LogP contribution in [-0.2, 0) is 6.42 Å². The summed E-state index contributed by atoms with van der Waals surface area (Å²) in [5, 5.41) is 19.1. The molecular weight excluding hydrogens is 338 g/mol. The molecule has 2 aromatic heterocycles. The van der Waals surface area contributed by atoms with Gasteiger partial charge >= 0.3 is 0 Å². The van der Waals surface area contributed by atoms with Gasteiger partial charge in [0.05, 0.1) is 6.61 Å². The highest BCUT2D eigenvalue weighted by Gasteiger charge is 2.32. The number of aliphatic hydroxyl groups is 1. The first-order valence-corrected chi connectivity index (χ1v) is 9.77. The van der Waals surface area contributed by atoms with Crippen LogP contribution in [0.4, 0.5) is 5.82 Å². The normalized spacial score (nSPS) is 15.6. The van der Waals surface area contributed by atoms with Gasteiger partial charge in [0.1, 0.15) is 55.4 Å². The van der Waals surface area contributed by atoms with Crippen LogP contribution in [0.5, 0.6) is 0 Å². The maximum absolute atomic E-state index is 9.83. The Kier molecular flexibility index (Phi) is 4.73. The highest BCUT2D eigenvalue weighted by molar-refractivity contribution is 5.78. The largest absolute Gasteiger partial charge is 0.391 e. The van der Waals surface area contributed by atoms with Crippen molar-refractivity contribution in [3.63, 3.8) is 0 Å². The van der Waals surface area contributed by atoms with Crippen LogP contribution in [0.2, 0.25) is 0 Å². The Morgan fingerprint density at radius 2 is 2.04 bits per heavy atom. The molecule has 1 fully saturated rings. The molecule has 1 aliphatic rings. The minimum atomic E-state index is 0.243. The molecule has 0 atom stereocenters. The van der Waals surface area contributed by atoms with Crippen LogP contribution < -0.4 is 14.2 Å². The number of nitrogens with zero attached hydrogens (tertiary/aromatic N) is 3. The summed E-state index contributed by atoms with van der Waals surface area (Å²) >= 11 is 0. The molecule has 0 amide bonds. The third-order valence-corrected chi connectivity index (χ3v) is 5.87. The van der Waals surface area contributed by atoms with E-state index >= 15 is 0 Å². The molecule has 1 aromatic carbocycles. The summed E-state index contributed by atoms with van der Waals surface area (Å²) in [5.74, 6) is 1.21. The lowest BCUT2D eigenvalue weighted by Gasteiger charge is -2.31. The molecule has 4 rings (SSSR count). The molecule has 6 nitrogen and oxygen atoms in total. The first kappa shape index (κ1) is 17.8. The number of H-pyrrole nitrogens is 1. The molecule has 0 radical (unpaired) electrons. The van der Waals surface area contributed by atoms with E-state index in [1.165, 1.54) is 16.3 Å². The zero-order valence-electron chi connectivity index (χ0n) is 16.0. The van der Waals surface area contributed by atoms with Crippen molar-refractivity contribution in [2.24, 2.45) is 0 Å². The SMILES string of the molecule is CCc1c(C)c(C#N)c2[nH]c3ccccc3[n+]2c1N1CC[NH+](CCO)CC1. The molecule has 3 heterocycles. The summed E-state index contributed by atoms with van der Waals surface area (Å²) in [6.07, 6.45) is 0.891. The van der Waals surface area contributed by atoms with Crippen LogP contribution in [0.15, 0.2) is 24.3 Å². The number of aromatic amines is 1. The number of nitrogens with one attached hydrogen (secondary N) is 2. The van der Waals surface area contributed by atoms with Gasteiger partial charge in [0, 0.05) is 5.56 Å². The van der Waals surface area contributed by atoms with Gasteiger partial charge in [0.15, 0.2) is 0 Å². The van der Waals surface area contributed by atoms with Crippen molar-refractivity contribution in [1.29, 1.82) is 5.26 Å². The number of pyridine rings is 1. The summed E-state index contributed by atoms with van der Waals surface area (Å²) < 4.78 is 2.25. The second-order valence-electron chi connectivity index (χ2n) is 7.30. The Morgan fingerprint density at radius 1 is 1.30 bits per heavy atom. The Labute approximate surface area is 159 Å². The van der Waals surface area contributed by atoms with E-state index in [1.54, 1.807) is 0 Å². The zero-order valence-corrected chi connectivity index (χ0v) is 16.0. The third kappa shape index (κ3) is 2.84. The summed E-state index contributed by atoms with van der Waals surface area (Å²) in [6, 6.07) is 10.7. The average molecular weight is 365 g/mol. The molecule has 0 unspecified atom stereocenters. The number of aliphatic hydroxyl groups excluding tert-OH is 1. The summed E-state index contributed by atoms with van der Waals surface area (Å²) in [4.78, 5) is 7.39. The lowest BCUT2D eigenvalue weighted by atomic mass is 10.0. The molecule has 3 N–H and O–H groups in total. The summed E-state index contributed by atoms with van der Waals surface area (Å²) in [7, 11) is 0. The number of imidazole rings is 1. The van der Waals surface area contributed by atoms with Crippen molar-refractivity contribution in [3.05, 3.63) is 41.0 Å². The summed E-state index contributed by atoms with van der Waals surface area (Å²) in [5.41, 5.74) is 6.10. The molecule has 6 heteroatoms. The minimum Gasteiger partial charge on any atom is -0.391 e. The highest BCUT2D eigenvalue weighted by Crippen LogP contribution is 2.28. The molecular formula is C21H27N5O+2. The number of nitriles is 1. The molecule has 0 saturated carbocycles. The van der Waals surface area contributed by atoms with Crippen molar-refractivity contribution in [3.8, 4) is 6.07 Å². The predicted octanol–water partition coefficient (Wildman–Crippen LogP) is 0.346. The van der Waals surface area contributed by atoms with E-state index in [0.717, 1.165) is 67.0 Å². The van der Waals surface area contributed by atoms with Gasteiger partial charge in [0.25, 0.3) is 0 Å². The van der Waals surface area contributed by atoms with E-state index < -0.39 is 0 Å². The fourth-order valence-corrected chi connectivity index (χ4v) is 4.44. The minimum absolute atomic E-state index is 0.243. The number of fused-ring (bicyclic) bond motifs is 3. The molecule has 3 aromatic rings. The van der Waals surface area contributed by atoms with Gasteiger partial charge in [-0.05, 0) is 31.0 Å². The van der Waals surface area contributed by atoms with Crippen LogP contribution in [0.1, 0.15) is 23.6 Å². The lowest BCUT2D eigenvalue weighted by Crippen LogP contribution is -3.15. The Bertz CT molecular complexity index is 1020. The van der Waals surface area contributed by atoms with Crippen LogP contribution in [0, 0.1) is 18.3 Å². The molecule has 1 aliphatic heterocycles. The van der Waals surface area contributed by atoms with Crippen LogP contribution in [0.3, 0.4) is 0 Å². The van der Waals surface area contributed by atoms with E-state index in [4.69, 9.17) is 0 Å². The average Bonchev–Trinajstić information content (AvgIpc) is 3.07. The third-order valence-electron chi connectivity index (χ3n) is 5.87. The topological polar surface area (TPSA) is 71.6 Å². The molecule has 27 heavy (non-hydrogen) atoms. The van der Waals surface area contributed by atoms with Crippen molar-refractivity contribution in [2.45, 2.75) is 20.3 Å². The Morgan fingerprint density at radius 3 is 2.70 bits per heavy atom. The second kappa shape index (κ2) is 7.18. The van der Waals surface area contributed by atoms with Gasteiger partial charge in [-0.15, -0.1) is 0 Å². The van der Waals surface area contributed by atoms with Crippen molar-refractivity contribution < 1.29 is 14.4 Å². The van der Waals surface area contributed by atoms with Gasteiger partial charge in [-0.2, -0.15) is 9.66 Å². The highest BCUT2D eigenvalue weighted by atomic mass is 16.3. The number of rotatable bonds is 4. The number of benzene rings is 1. The van der Waals surface area contributed by atoms with E-state index in [-0.39, 0.29) is 6.61 Å². The van der Waals surface area contributed by atoms with Gasteiger partial charge in [-0.1, -0.05) is 19.1 Å². The fourth-order valence-electron chi connectivity index (χ4n) is 4.44. The van der Waals surface area contributed by atoms with Crippen molar-refractivity contribution in [2.75, 3.05) is 44.2 Å². The van der Waals surface area contributed by atoms with E-state index in [0.29, 0.717) is 0 Å². The smallest absolute Gasteiger partial charge is 0.250 e. The van der Waals surface area contributed by atoms with E-state index in [1.807, 2.05) is 12.1 Å². The molecule has 0 spiro atoms. The van der Waals surface area contributed by atoms with Crippen LogP contribution >= 0.6 is 0 Å². The van der Waals surface area contributed by atoms with E-state index in [9.17, 15) is 10.4 Å². The second-order valence-corrected chi connectivity index (χ2v) is 7.30. The maximum atomic E-state index is 9.83. The quantitative estimate of drug-likeness (QED) is 0.584. The lowest BCUT2D eigenvalue weighted by molar-refractivity contribution is -0.901. The zero-order chi connectivity index (χ0) is 19.0. The maximum Gasteiger partial charge on any atom is 0.250 e. The number of para-hydroxylation sites is 2. The molecule has 140 valence electrons. The van der Waals surface area contributed by atoms with Crippen LogP contribution in [-0.4, -0.2) is 49.4 Å². The van der Waals surface area contributed by atoms with Gasteiger partial charge < -0.3 is 10.0 Å². The van der Waals surface area contributed by atoms with E-state index in [2.05, 4.69) is 46.3 Å². The Balaban J connectivity index is 1.95. The number of hydrogen-bond acceptors (Lipinski definition) is 3. The number of piperazine rings is 1.